The summed E-state index contributed by atoms with van der Waals surface area (Å²) in [6.45, 7) is 0.513. The standard InChI is InChI=1S/C16H17ClN2O2S/c17-12-6-2-1-5-11(12)16-19-9-14(22-16)15(21)18-8-10-4-3-7-13(10)20/h1-2,5-6,9-10,13,20H,3-4,7-8H2,(H,18,21). The Balaban J connectivity index is 1.66. The van der Waals surface area contributed by atoms with Crippen LogP contribution >= 0.6 is 22.9 Å². The fraction of sp³-hybridized carbons (Fsp3) is 0.375. The summed E-state index contributed by atoms with van der Waals surface area (Å²) in [6, 6.07) is 7.45. The quantitative estimate of drug-likeness (QED) is 0.900. The number of carbonyl (C=O) groups excluding carboxylic acids is 1. The van der Waals surface area contributed by atoms with Crippen LogP contribution in [0.25, 0.3) is 10.6 Å². The summed E-state index contributed by atoms with van der Waals surface area (Å²) >= 11 is 7.47. The highest BCUT2D eigenvalue weighted by atomic mass is 35.5. The molecule has 2 unspecified atom stereocenters. The topological polar surface area (TPSA) is 62.2 Å². The largest absolute Gasteiger partial charge is 0.393 e. The molecular formula is C16H17ClN2O2S. The van der Waals surface area contributed by atoms with E-state index >= 15 is 0 Å². The van der Waals surface area contributed by atoms with E-state index < -0.39 is 0 Å². The van der Waals surface area contributed by atoms with E-state index in [0.29, 0.717) is 16.4 Å². The normalized spacial score (nSPS) is 21.0. The van der Waals surface area contributed by atoms with Gasteiger partial charge in [-0.3, -0.25) is 4.79 Å². The van der Waals surface area contributed by atoms with Gasteiger partial charge >= 0.3 is 0 Å². The summed E-state index contributed by atoms with van der Waals surface area (Å²) in [5.41, 5.74) is 0.833. The second-order valence-electron chi connectivity index (χ2n) is 5.48. The maximum atomic E-state index is 12.2. The van der Waals surface area contributed by atoms with E-state index in [1.165, 1.54) is 11.3 Å². The number of rotatable bonds is 4. The lowest BCUT2D eigenvalue weighted by Crippen LogP contribution is -2.32. The average molecular weight is 337 g/mol. The van der Waals surface area contributed by atoms with E-state index in [-0.39, 0.29) is 17.9 Å². The van der Waals surface area contributed by atoms with E-state index in [9.17, 15) is 9.90 Å². The number of aromatic nitrogens is 1. The highest BCUT2D eigenvalue weighted by Crippen LogP contribution is 2.31. The summed E-state index contributed by atoms with van der Waals surface area (Å²) < 4.78 is 0. The number of amides is 1. The van der Waals surface area contributed by atoms with Gasteiger partial charge in [0.15, 0.2) is 0 Å². The van der Waals surface area contributed by atoms with Crippen molar-refractivity contribution in [1.29, 1.82) is 0 Å². The molecule has 0 bridgehead atoms. The van der Waals surface area contributed by atoms with Crippen molar-refractivity contribution < 1.29 is 9.90 Å². The highest BCUT2D eigenvalue weighted by molar-refractivity contribution is 7.17. The second-order valence-corrected chi connectivity index (χ2v) is 6.92. The fourth-order valence-corrected chi connectivity index (χ4v) is 3.86. The highest BCUT2D eigenvalue weighted by Gasteiger charge is 2.25. The van der Waals surface area contributed by atoms with Crippen LogP contribution in [0.15, 0.2) is 30.5 Å². The van der Waals surface area contributed by atoms with Crippen molar-refractivity contribution >= 4 is 28.8 Å². The minimum Gasteiger partial charge on any atom is -0.393 e. The van der Waals surface area contributed by atoms with Gasteiger partial charge in [0.1, 0.15) is 9.88 Å². The molecule has 4 nitrogen and oxygen atoms in total. The maximum Gasteiger partial charge on any atom is 0.263 e. The van der Waals surface area contributed by atoms with Gasteiger partial charge in [0, 0.05) is 18.0 Å². The molecule has 1 amide bonds. The van der Waals surface area contributed by atoms with E-state index in [1.807, 2.05) is 18.2 Å². The second kappa shape index (κ2) is 6.77. The number of hydrogen-bond donors (Lipinski definition) is 2. The van der Waals surface area contributed by atoms with Crippen molar-refractivity contribution in [2.24, 2.45) is 5.92 Å². The molecule has 1 aliphatic carbocycles. The third kappa shape index (κ3) is 3.32. The van der Waals surface area contributed by atoms with E-state index in [1.54, 1.807) is 12.3 Å². The Kier molecular flexibility index (Phi) is 4.76. The third-order valence-corrected chi connectivity index (χ3v) is 5.34. The zero-order chi connectivity index (χ0) is 15.5. The molecule has 1 fully saturated rings. The summed E-state index contributed by atoms with van der Waals surface area (Å²) in [7, 11) is 0. The van der Waals surface area contributed by atoms with Crippen LogP contribution in [-0.2, 0) is 0 Å². The molecule has 1 saturated carbocycles. The molecule has 1 aromatic heterocycles. The fourth-order valence-electron chi connectivity index (χ4n) is 2.70. The molecule has 6 heteroatoms. The zero-order valence-corrected chi connectivity index (χ0v) is 13.5. The first-order chi connectivity index (χ1) is 10.6. The number of carbonyl (C=O) groups is 1. The molecule has 3 rings (SSSR count). The van der Waals surface area contributed by atoms with Crippen molar-refractivity contribution in [3.05, 3.63) is 40.4 Å². The van der Waals surface area contributed by atoms with Crippen molar-refractivity contribution in [3.63, 3.8) is 0 Å². The number of nitrogens with zero attached hydrogens (tertiary/aromatic N) is 1. The van der Waals surface area contributed by atoms with Gasteiger partial charge in [-0.2, -0.15) is 0 Å². The van der Waals surface area contributed by atoms with Gasteiger partial charge < -0.3 is 10.4 Å². The summed E-state index contributed by atoms with van der Waals surface area (Å²) in [4.78, 5) is 17.0. The molecule has 0 saturated heterocycles. The van der Waals surface area contributed by atoms with Gasteiger partial charge in [-0.15, -0.1) is 11.3 Å². The van der Waals surface area contributed by atoms with Crippen LogP contribution in [0.5, 0.6) is 0 Å². The predicted octanol–water partition coefficient (Wildman–Crippen LogP) is 3.35. The summed E-state index contributed by atoms with van der Waals surface area (Å²) in [5, 5.41) is 14.0. The minimum atomic E-state index is -0.291. The van der Waals surface area contributed by atoms with Crippen LogP contribution < -0.4 is 5.32 Å². The molecule has 1 heterocycles. The smallest absolute Gasteiger partial charge is 0.263 e. The molecule has 1 aliphatic rings. The lowest BCUT2D eigenvalue weighted by molar-refractivity contribution is 0.0920. The Morgan fingerprint density at radius 3 is 2.95 bits per heavy atom. The maximum absolute atomic E-state index is 12.2. The lowest BCUT2D eigenvalue weighted by Gasteiger charge is -2.14. The van der Waals surface area contributed by atoms with E-state index in [4.69, 9.17) is 11.6 Å². The molecule has 2 aromatic rings. The van der Waals surface area contributed by atoms with Gasteiger partial charge in [-0.1, -0.05) is 36.2 Å². The molecular weight excluding hydrogens is 320 g/mol. The van der Waals surface area contributed by atoms with Crippen molar-refractivity contribution in [3.8, 4) is 10.6 Å². The van der Waals surface area contributed by atoms with Gasteiger partial charge in [-0.05, 0) is 18.9 Å². The molecule has 0 spiro atoms. The van der Waals surface area contributed by atoms with Crippen LogP contribution in [-0.4, -0.2) is 28.6 Å². The molecule has 2 N–H and O–H groups in total. The summed E-state index contributed by atoms with van der Waals surface area (Å²) in [6.07, 6.45) is 4.11. The van der Waals surface area contributed by atoms with Crippen molar-refractivity contribution in [2.75, 3.05) is 6.54 Å². The van der Waals surface area contributed by atoms with Crippen LogP contribution in [0.2, 0.25) is 5.02 Å². The Bertz CT molecular complexity index is 674. The predicted molar refractivity (Wildman–Crippen MR) is 88.2 cm³/mol. The van der Waals surface area contributed by atoms with Crippen LogP contribution in [0.4, 0.5) is 0 Å². The number of halogens is 1. The number of aliphatic hydroxyl groups excluding tert-OH is 1. The number of nitrogens with one attached hydrogen (secondary N) is 1. The first kappa shape index (κ1) is 15.5. The molecule has 2 atom stereocenters. The Morgan fingerprint density at radius 2 is 2.23 bits per heavy atom. The molecule has 0 radical (unpaired) electrons. The molecule has 116 valence electrons. The minimum absolute atomic E-state index is 0.144. The Morgan fingerprint density at radius 1 is 1.41 bits per heavy atom. The third-order valence-electron chi connectivity index (χ3n) is 3.98. The molecule has 1 aromatic carbocycles. The monoisotopic (exact) mass is 336 g/mol. The van der Waals surface area contributed by atoms with Crippen molar-refractivity contribution in [1.82, 2.24) is 10.3 Å². The van der Waals surface area contributed by atoms with Gasteiger partial charge in [0.05, 0.1) is 17.3 Å². The Labute approximate surface area is 138 Å². The van der Waals surface area contributed by atoms with Crippen LogP contribution in [0, 0.1) is 5.92 Å². The van der Waals surface area contributed by atoms with Gasteiger partial charge in [-0.25, -0.2) is 4.98 Å². The molecule has 0 aliphatic heterocycles. The molecule has 22 heavy (non-hydrogen) atoms. The van der Waals surface area contributed by atoms with Gasteiger partial charge in [0.25, 0.3) is 5.91 Å². The summed E-state index contributed by atoms with van der Waals surface area (Å²) in [5.74, 6) is 0.0230. The number of aliphatic hydroxyl groups is 1. The zero-order valence-electron chi connectivity index (χ0n) is 12.0. The van der Waals surface area contributed by atoms with E-state index in [0.717, 1.165) is 29.8 Å². The van der Waals surface area contributed by atoms with E-state index in [2.05, 4.69) is 10.3 Å². The number of benzene rings is 1. The van der Waals surface area contributed by atoms with Crippen molar-refractivity contribution in [2.45, 2.75) is 25.4 Å². The van der Waals surface area contributed by atoms with Crippen LogP contribution in [0.3, 0.4) is 0 Å². The van der Waals surface area contributed by atoms with Gasteiger partial charge in [0.2, 0.25) is 0 Å². The Hall–Kier alpha value is -1.43. The average Bonchev–Trinajstić information content (AvgIpc) is 3.14. The number of hydrogen-bond acceptors (Lipinski definition) is 4. The number of thiazole rings is 1. The first-order valence-corrected chi connectivity index (χ1v) is 8.51. The van der Waals surface area contributed by atoms with Crippen LogP contribution in [0.1, 0.15) is 28.9 Å². The lowest BCUT2D eigenvalue weighted by atomic mass is 10.1. The SMILES string of the molecule is O=C(NCC1CCCC1O)c1cnc(-c2ccccc2Cl)s1. The first-order valence-electron chi connectivity index (χ1n) is 7.32.